The lowest BCUT2D eigenvalue weighted by molar-refractivity contribution is 0.0629. The molecule has 2 rings (SSSR count). The van der Waals surface area contributed by atoms with Crippen LogP contribution in [0.15, 0.2) is 18.2 Å². The smallest absolute Gasteiger partial charge is 0.254 e. The Bertz CT molecular complexity index is 498. The Morgan fingerprint density at radius 3 is 2.52 bits per heavy atom. The molecule has 1 saturated heterocycles. The van der Waals surface area contributed by atoms with E-state index in [0.717, 1.165) is 26.2 Å². The first-order valence-corrected chi connectivity index (χ1v) is 7.19. The summed E-state index contributed by atoms with van der Waals surface area (Å²) in [4.78, 5) is 18.6. The monoisotopic (exact) mass is 294 g/mol. The molecule has 1 amide bonds. The second-order valence-corrected chi connectivity index (χ2v) is 5.67. The number of hydrogen-bond donors (Lipinski definition) is 1. The van der Waals surface area contributed by atoms with Gasteiger partial charge in [-0.1, -0.05) is 0 Å². The molecule has 1 heterocycles. The number of likely N-dealkylation sites (N-methyl/N-ethyl adjacent to an activating group) is 1. The zero-order chi connectivity index (χ0) is 15.4. The number of rotatable bonds is 4. The number of piperazine rings is 1. The summed E-state index contributed by atoms with van der Waals surface area (Å²) < 4.78 is 13.4. The molecule has 0 aromatic heterocycles. The van der Waals surface area contributed by atoms with E-state index < -0.39 is 5.82 Å². The fourth-order valence-electron chi connectivity index (χ4n) is 2.36. The van der Waals surface area contributed by atoms with Gasteiger partial charge in [-0.3, -0.25) is 9.69 Å². The minimum absolute atomic E-state index is 0.0695. The van der Waals surface area contributed by atoms with Crippen LogP contribution >= 0.6 is 0 Å². The molecule has 5 nitrogen and oxygen atoms in total. The molecule has 0 saturated carbocycles. The van der Waals surface area contributed by atoms with Crippen LogP contribution < -0.4 is 5.73 Å². The lowest BCUT2D eigenvalue weighted by Crippen LogP contribution is -2.50. The normalized spacial score (nSPS) is 16.5. The molecule has 2 N–H and O–H groups in total. The van der Waals surface area contributed by atoms with Gasteiger partial charge in [-0.2, -0.15) is 0 Å². The number of hydrogen-bond acceptors (Lipinski definition) is 4. The van der Waals surface area contributed by atoms with E-state index in [0.29, 0.717) is 18.7 Å². The molecule has 116 valence electrons. The zero-order valence-corrected chi connectivity index (χ0v) is 12.7. The van der Waals surface area contributed by atoms with Gasteiger partial charge in [0, 0.05) is 44.8 Å². The molecule has 6 heteroatoms. The molecule has 0 atom stereocenters. The molecule has 1 aliphatic heterocycles. The predicted octanol–water partition coefficient (Wildman–Crippen LogP) is 0.727. The van der Waals surface area contributed by atoms with Crippen molar-refractivity contribution in [3.63, 3.8) is 0 Å². The van der Waals surface area contributed by atoms with Crippen LogP contribution in [0, 0.1) is 5.82 Å². The SMILES string of the molecule is CN(C)CCN1CCN(C(=O)c2ccc(N)c(F)c2)CC1. The van der Waals surface area contributed by atoms with Crippen molar-refractivity contribution in [3.05, 3.63) is 29.6 Å². The van der Waals surface area contributed by atoms with Crippen molar-refractivity contribution in [2.45, 2.75) is 0 Å². The highest BCUT2D eigenvalue weighted by atomic mass is 19.1. The highest BCUT2D eigenvalue weighted by molar-refractivity contribution is 5.94. The van der Waals surface area contributed by atoms with Crippen LogP contribution in [0.25, 0.3) is 0 Å². The van der Waals surface area contributed by atoms with E-state index in [-0.39, 0.29) is 11.6 Å². The number of benzene rings is 1. The van der Waals surface area contributed by atoms with Gasteiger partial charge < -0.3 is 15.5 Å². The van der Waals surface area contributed by atoms with Gasteiger partial charge in [0.05, 0.1) is 5.69 Å². The number of anilines is 1. The second-order valence-electron chi connectivity index (χ2n) is 5.67. The van der Waals surface area contributed by atoms with Gasteiger partial charge in [0.1, 0.15) is 5.82 Å². The quantitative estimate of drug-likeness (QED) is 0.832. The van der Waals surface area contributed by atoms with Crippen LogP contribution in [0.1, 0.15) is 10.4 Å². The highest BCUT2D eigenvalue weighted by Gasteiger charge is 2.22. The molecule has 21 heavy (non-hydrogen) atoms. The lowest BCUT2D eigenvalue weighted by atomic mass is 10.1. The average Bonchev–Trinajstić information content (AvgIpc) is 2.48. The Hall–Kier alpha value is -1.66. The van der Waals surface area contributed by atoms with E-state index in [4.69, 9.17) is 5.73 Å². The van der Waals surface area contributed by atoms with Gasteiger partial charge in [-0.15, -0.1) is 0 Å². The predicted molar refractivity (Wildman–Crippen MR) is 81.7 cm³/mol. The maximum atomic E-state index is 13.4. The Labute approximate surface area is 125 Å². The van der Waals surface area contributed by atoms with Crippen molar-refractivity contribution in [2.75, 3.05) is 59.1 Å². The first kappa shape index (κ1) is 15.7. The standard InChI is InChI=1S/C15H23FN4O/c1-18(2)5-6-19-7-9-20(10-8-19)15(21)12-3-4-14(17)13(16)11-12/h3-4,11H,5-10,17H2,1-2H3. The molecule has 1 fully saturated rings. The maximum absolute atomic E-state index is 13.4. The number of carbonyl (C=O) groups is 1. The number of carbonyl (C=O) groups excluding carboxylic acids is 1. The van der Waals surface area contributed by atoms with Gasteiger partial charge in [0.15, 0.2) is 0 Å². The van der Waals surface area contributed by atoms with Crippen molar-refractivity contribution in [1.29, 1.82) is 0 Å². The van der Waals surface area contributed by atoms with Crippen LogP contribution in [0.4, 0.5) is 10.1 Å². The van der Waals surface area contributed by atoms with Crippen molar-refractivity contribution >= 4 is 11.6 Å². The van der Waals surface area contributed by atoms with Gasteiger partial charge in [0.2, 0.25) is 0 Å². The molecule has 0 spiro atoms. The van der Waals surface area contributed by atoms with Crippen LogP contribution in [0.2, 0.25) is 0 Å². The van der Waals surface area contributed by atoms with E-state index in [1.165, 1.54) is 12.1 Å². The lowest BCUT2D eigenvalue weighted by Gasteiger charge is -2.35. The first-order valence-electron chi connectivity index (χ1n) is 7.19. The molecule has 1 aromatic carbocycles. The minimum atomic E-state index is -0.537. The summed E-state index contributed by atoms with van der Waals surface area (Å²) >= 11 is 0. The summed E-state index contributed by atoms with van der Waals surface area (Å²) in [5.41, 5.74) is 5.87. The van der Waals surface area contributed by atoms with Gasteiger partial charge >= 0.3 is 0 Å². The average molecular weight is 294 g/mol. The summed E-state index contributed by atoms with van der Waals surface area (Å²) in [6.45, 7) is 5.09. The van der Waals surface area contributed by atoms with E-state index in [1.54, 1.807) is 11.0 Å². The Morgan fingerprint density at radius 2 is 1.95 bits per heavy atom. The van der Waals surface area contributed by atoms with Gasteiger partial charge in [-0.25, -0.2) is 4.39 Å². The third-order valence-electron chi connectivity index (χ3n) is 3.77. The Kier molecular flexibility index (Phi) is 5.14. The van der Waals surface area contributed by atoms with Crippen molar-refractivity contribution in [3.8, 4) is 0 Å². The Balaban J connectivity index is 1.89. The van der Waals surface area contributed by atoms with E-state index >= 15 is 0 Å². The summed E-state index contributed by atoms with van der Waals surface area (Å²) in [5, 5.41) is 0. The molecular weight excluding hydrogens is 271 g/mol. The van der Waals surface area contributed by atoms with E-state index in [9.17, 15) is 9.18 Å². The van der Waals surface area contributed by atoms with Gasteiger partial charge in [-0.05, 0) is 32.3 Å². The minimum Gasteiger partial charge on any atom is -0.396 e. The third kappa shape index (κ3) is 4.15. The highest BCUT2D eigenvalue weighted by Crippen LogP contribution is 2.15. The zero-order valence-electron chi connectivity index (χ0n) is 12.7. The number of halogens is 1. The second kappa shape index (κ2) is 6.87. The van der Waals surface area contributed by atoms with Crippen molar-refractivity contribution in [1.82, 2.24) is 14.7 Å². The third-order valence-corrected chi connectivity index (χ3v) is 3.77. The summed E-state index contributed by atoms with van der Waals surface area (Å²) in [6.07, 6.45) is 0. The van der Waals surface area contributed by atoms with Gasteiger partial charge in [0.25, 0.3) is 5.91 Å². The Morgan fingerprint density at radius 1 is 1.29 bits per heavy atom. The van der Waals surface area contributed by atoms with Crippen molar-refractivity contribution in [2.24, 2.45) is 0 Å². The maximum Gasteiger partial charge on any atom is 0.254 e. The summed E-state index contributed by atoms with van der Waals surface area (Å²) in [6, 6.07) is 4.24. The van der Waals surface area contributed by atoms with Crippen LogP contribution in [0.5, 0.6) is 0 Å². The largest absolute Gasteiger partial charge is 0.396 e. The number of nitrogen functional groups attached to an aromatic ring is 1. The van der Waals surface area contributed by atoms with Crippen LogP contribution in [0.3, 0.4) is 0 Å². The molecule has 0 radical (unpaired) electrons. The molecule has 1 aromatic rings. The fraction of sp³-hybridized carbons (Fsp3) is 0.533. The molecular formula is C15H23FN4O. The fourth-order valence-corrected chi connectivity index (χ4v) is 2.36. The van der Waals surface area contributed by atoms with Crippen molar-refractivity contribution < 1.29 is 9.18 Å². The topological polar surface area (TPSA) is 52.8 Å². The number of nitrogens with two attached hydrogens (primary N) is 1. The van der Waals surface area contributed by atoms with Crippen LogP contribution in [-0.4, -0.2) is 74.0 Å². The number of amides is 1. The number of nitrogens with zero attached hydrogens (tertiary/aromatic N) is 3. The summed E-state index contributed by atoms with van der Waals surface area (Å²) in [5.74, 6) is -0.661. The first-order chi connectivity index (χ1) is 9.97. The molecule has 0 unspecified atom stereocenters. The molecule has 1 aliphatic rings. The van der Waals surface area contributed by atoms with Crippen LogP contribution in [-0.2, 0) is 0 Å². The summed E-state index contributed by atoms with van der Waals surface area (Å²) in [7, 11) is 4.10. The van der Waals surface area contributed by atoms with E-state index in [2.05, 4.69) is 23.9 Å². The molecule has 0 aliphatic carbocycles. The molecule has 0 bridgehead atoms. The van der Waals surface area contributed by atoms with E-state index in [1.807, 2.05) is 0 Å².